The summed E-state index contributed by atoms with van der Waals surface area (Å²) < 4.78 is 27.0. The highest BCUT2D eigenvalue weighted by Gasteiger charge is 2.08. The van der Waals surface area contributed by atoms with Crippen molar-refractivity contribution in [3.63, 3.8) is 0 Å². The Morgan fingerprint density at radius 2 is 1.70 bits per heavy atom. The molecule has 1 nitrogen and oxygen atoms in total. The van der Waals surface area contributed by atoms with Crippen LogP contribution in [0.1, 0.15) is 30.9 Å². The molecule has 0 aromatic heterocycles. The largest absolute Gasteiger partial charge is 0.379 e. The summed E-state index contributed by atoms with van der Waals surface area (Å²) in [6.07, 6.45) is 0. The molecule has 106 valence electrons. The zero-order valence-corrected chi connectivity index (χ0v) is 13.0. The van der Waals surface area contributed by atoms with Crippen molar-refractivity contribution in [1.29, 1.82) is 0 Å². The van der Waals surface area contributed by atoms with Gasteiger partial charge in [-0.15, -0.1) is 0 Å². The predicted octanol–water partition coefficient (Wildman–Crippen LogP) is 5.46. The first kappa shape index (κ1) is 15.0. The Morgan fingerprint density at radius 3 is 2.30 bits per heavy atom. The molecule has 1 N–H and O–H groups in total. The Balaban J connectivity index is 2.07. The molecule has 0 spiro atoms. The van der Waals surface area contributed by atoms with Gasteiger partial charge in [-0.3, -0.25) is 0 Å². The third kappa shape index (κ3) is 3.57. The van der Waals surface area contributed by atoms with Crippen LogP contribution in [0.25, 0.3) is 0 Å². The highest BCUT2D eigenvalue weighted by atomic mass is 79.9. The zero-order chi connectivity index (χ0) is 14.7. The standard InChI is InChI=1S/C16H16BrF2N/c1-10(2)12-5-3-11(4-6-12)9-20-16-7-13(17)14(18)8-15(16)19/h3-8,10,20H,9H2,1-2H3. The van der Waals surface area contributed by atoms with Crippen molar-refractivity contribution in [2.24, 2.45) is 0 Å². The quantitative estimate of drug-likeness (QED) is 0.729. The molecule has 0 saturated carbocycles. The minimum atomic E-state index is -0.602. The third-order valence-electron chi connectivity index (χ3n) is 3.14. The van der Waals surface area contributed by atoms with Crippen LogP contribution in [0, 0.1) is 11.6 Å². The van der Waals surface area contributed by atoms with Gasteiger partial charge in [-0.2, -0.15) is 0 Å². The maximum Gasteiger partial charge on any atom is 0.149 e. The van der Waals surface area contributed by atoms with Crippen LogP contribution in [-0.4, -0.2) is 0 Å². The Labute approximate surface area is 126 Å². The molecular formula is C16H16BrF2N. The van der Waals surface area contributed by atoms with E-state index in [-0.39, 0.29) is 10.2 Å². The highest BCUT2D eigenvalue weighted by Crippen LogP contribution is 2.24. The molecule has 0 radical (unpaired) electrons. The molecule has 0 fully saturated rings. The average Bonchev–Trinajstić information content (AvgIpc) is 2.42. The lowest BCUT2D eigenvalue weighted by Gasteiger charge is -2.10. The third-order valence-corrected chi connectivity index (χ3v) is 3.75. The van der Waals surface area contributed by atoms with Crippen LogP contribution in [0.2, 0.25) is 0 Å². The first-order chi connectivity index (χ1) is 9.47. The number of rotatable bonds is 4. The van der Waals surface area contributed by atoms with Gasteiger partial charge in [0.25, 0.3) is 0 Å². The molecule has 0 aliphatic carbocycles. The van der Waals surface area contributed by atoms with Crippen LogP contribution in [0.5, 0.6) is 0 Å². The molecule has 20 heavy (non-hydrogen) atoms. The van der Waals surface area contributed by atoms with Crippen molar-refractivity contribution in [2.45, 2.75) is 26.3 Å². The number of halogens is 3. The van der Waals surface area contributed by atoms with E-state index < -0.39 is 11.6 Å². The molecule has 0 bridgehead atoms. The van der Waals surface area contributed by atoms with E-state index >= 15 is 0 Å². The number of anilines is 1. The fraction of sp³-hybridized carbons (Fsp3) is 0.250. The topological polar surface area (TPSA) is 12.0 Å². The van der Waals surface area contributed by atoms with Gasteiger partial charge >= 0.3 is 0 Å². The van der Waals surface area contributed by atoms with Crippen molar-refractivity contribution in [3.8, 4) is 0 Å². The van der Waals surface area contributed by atoms with Crippen LogP contribution in [0.4, 0.5) is 14.5 Å². The molecule has 2 aromatic carbocycles. The Morgan fingerprint density at radius 1 is 1.05 bits per heavy atom. The molecule has 2 rings (SSSR count). The monoisotopic (exact) mass is 339 g/mol. The second-order valence-corrected chi connectivity index (χ2v) is 5.85. The molecule has 0 amide bonds. The number of hydrogen-bond donors (Lipinski definition) is 1. The van der Waals surface area contributed by atoms with Crippen molar-refractivity contribution in [2.75, 3.05) is 5.32 Å². The van der Waals surface area contributed by atoms with Crippen LogP contribution < -0.4 is 5.32 Å². The van der Waals surface area contributed by atoms with Crippen LogP contribution in [0.15, 0.2) is 40.9 Å². The Kier molecular flexibility index (Phi) is 4.76. The predicted molar refractivity (Wildman–Crippen MR) is 81.9 cm³/mol. The summed E-state index contributed by atoms with van der Waals surface area (Å²) in [5.74, 6) is -0.707. The number of nitrogens with one attached hydrogen (secondary N) is 1. The minimum Gasteiger partial charge on any atom is -0.379 e. The van der Waals surface area contributed by atoms with Gasteiger partial charge in [0, 0.05) is 12.6 Å². The Hall–Kier alpha value is -1.42. The summed E-state index contributed by atoms with van der Waals surface area (Å²) in [5, 5.41) is 2.97. The minimum absolute atomic E-state index is 0.247. The summed E-state index contributed by atoms with van der Waals surface area (Å²) in [6.45, 7) is 4.77. The van der Waals surface area contributed by atoms with E-state index in [9.17, 15) is 8.78 Å². The van der Waals surface area contributed by atoms with Gasteiger partial charge in [0.1, 0.15) is 11.6 Å². The second-order valence-electron chi connectivity index (χ2n) is 5.00. The number of benzene rings is 2. The first-order valence-corrected chi connectivity index (χ1v) is 7.24. The van der Waals surface area contributed by atoms with E-state index in [2.05, 4.69) is 47.2 Å². The van der Waals surface area contributed by atoms with Crippen molar-refractivity contribution >= 4 is 21.6 Å². The molecule has 0 aliphatic heterocycles. The molecular weight excluding hydrogens is 324 g/mol. The normalized spacial score (nSPS) is 10.9. The van der Waals surface area contributed by atoms with Crippen molar-refractivity contribution in [3.05, 3.63) is 63.6 Å². The highest BCUT2D eigenvalue weighted by molar-refractivity contribution is 9.10. The molecule has 2 aromatic rings. The van der Waals surface area contributed by atoms with Gasteiger partial charge in [-0.1, -0.05) is 38.1 Å². The molecule has 4 heteroatoms. The first-order valence-electron chi connectivity index (χ1n) is 6.44. The lowest BCUT2D eigenvalue weighted by atomic mass is 10.0. The zero-order valence-electron chi connectivity index (χ0n) is 11.4. The van der Waals surface area contributed by atoms with Crippen LogP contribution in [-0.2, 0) is 6.54 Å². The second kappa shape index (κ2) is 6.35. The van der Waals surface area contributed by atoms with E-state index in [1.165, 1.54) is 11.6 Å². The lowest BCUT2D eigenvalue weighted by molar-refractivity contribution is 0.580. The molecule has 0 aliphatic rings. The summed E-state index contributed by atoms with van der Waals surface area (Å²) in [4.78, 5) is 0. The van der Waals surface area contributed by atoms with Crippen LogP contribution in [0.3, 0.4) is 0 Å². The van der Waals surface area contributed by atoms with Gasteiger partial charge in [-0.05, 0) is 39.0 Å². The van der Waals surface area contributed by atoms with E-state index in [4.69, 9.17) is 0 Å². The SMILES string of the molecule is CC(C)c1ccc(CNc2cc(Br)c(F)cc2F)cc1. The Bertz CT molecular complexity index is 594. The van der Waals surface area contributed by atoms with Gasteiger partial charge in [0.15, 0.2) is 0 Å². The van der Waals surface area contributed by atoms with E-state index in [1.807, 2.05) is 12.1 Å². The summed E-state index contributed by atoms with van der Waals surface area (Å²) in [6, 6.07) is 10.4. The van der Waals surface area contributed by atoms with Gasteiger partial charge in [0.05, 0.1) is 10.2 Å². The summed E-state index contributed by atoms with van der Waals surface area (Å²) >= 11 is 3.05. The maximum absolute atomic E-state index is 13.6. The van der Waals surface area contributed by atoms with Crippen LogP contribution >= 0.6 is 15.9 Å². The average molecular weight is 340 g/mol. The molecule has 0 saturated heterocycles. The molecule has 0 unspecified atom stereocenters. The smallest absolute Gasteiger partial charge is 0.149 e. The van der Waals surface area contributed by atoms with Gasteiger partial charge in [-0.25, -0.2) is 8.78 Å². The van der Waals surface area contributed by atoms with E-state index in [1.54, 1.807) is 0 Å². The van der Waals surface area contributed by atoms with E-state index in [0.29, 0.717) is 12.5 Å². The fourth-order valence-electron chi connectivity index (χ4n) is 1.88. The fourth-order valence-corrected chi connectivity index (χ4v) is 2.22. The molecule has 0 heterocycles. The summed E-state index contributed by atoms with van der Waals surface area (Å²) in [7, 11) is 0. The number of hydrogen-bond acceptors (Lipinski definition) is 1. The maximum atomic E-state index is 13.6. The van der Waals surface area contributed by atoms with Gasteiger partial charge in [0.2, 0.25) is 0 Å². The van der Waals surface area contributed by atoms with Gasteiger partial charge < -0.3 is 5.32 Å². The van der Waals surface area contributed by atoms with Crippen molar-refractivity contribution < 1.29 is 8.78 Å². The van der Waals surface area contributed by atoms with Crippen molar-refractivity contribution in [1.82, 2.24) is 0 Å². The van der Waals surface area contributed by atoms with E-state index in [0.717, 1.165) is 11.6 Å². The lowest BCUT2D eigenvalue weighted by Crippen LogP contribution is -2.02. The molecule has 0 atom stereocenters. The summed E-state index contributed by atoms with van der Waals surface area (Å²) in [5.41, 5.74) is 2.60.